The van der Waals surface area contributed by atoms with Gasteiger partial charge in [0, 0.05) is 27.4 Å². The van der Waals surface area contributed by atoms with E-state index in [1.54, 1.807) is 18.2 Å². The van der Waals surface area contributed by atoms with Crippen LogP contribution in [0.25, 0.3) is 0 Å². The number of carbonyl (C=O) groups is 1. The van der Waals surface area contributed by atoms with Gasteiger partial charge in [0.2, 0.25) is 0 Å². The molecule has 0 radical (unpaired) electrons. The zero-order valence-corrected chi connectivity index (χ0v) is 14.6. The Hall–Kier alpha value is -0.0600. The highest BCUT2D eigenvalue weighted by molar-refractivity contribution is 9.10. The molecule has 1 aliphatic heterocycles. The Labute approximate surface area is 135 Å². The first kappa shape index (κ1) is 15.3. The summed E-state index contributed by atoms with van der Waals surface area (Å²) in [6.45, 7) is 3.83. The Morgan fingerprint density at radius 3 is 2.58 bits per heavy atom. The summed E-state index contributed by atoms with van der Waals surface area (Å²) in [5.41, 5.74) is 0.690. The third kappa shape index (κ3) is 3.73. The minimum atomic E-state index is 0.0872. The average molecular weight is 410 g/mol. The lowest BCUT2D eigenvalue weighted by Crippen LogP contribution is -2.40. The maximum Gasteiger partial charge on any atom is 0.254 e. The highest BCUT2D eigenvalue weighted by Gasteiger charge is 2.26. The second kappa shape index (κ2) is 6.59. The summed E-state index contributed by atoms with van der Waals surface area (Å²) < 4.78 is 0.765. The molecule has 0 spiro atoms. The highest BCUT2D eigenvalue weighted by Crippen LogP contribution is 2.28. The first-order valence-corrected chi connectivity index (χ1v) is 8.46. The maximum absolute atomic E-state index is 12.4. The number of likely N-dealkylation sites (tertiary alicyclic amines) is 1. The van der Waals surface area contributed by atoms with Crippen LogP contribution in [0, 0.1) is 5.92 Å². The molecule has 19 heavy (non-hydrogen) atoms. The molecule has 0 saturated carbocycles. The van der Waals surface area contributed by atoms with Crippen molar-refractivity contribution in [3.8, 4) is 0 Å². The van der Waals surface area contributed by atoms with Gasteiger partial charge in [0.25, 0.3) is 5.91 Å². The molecule has 0 aliphatic carbocycles. The van der Waals surface area contributed by atoms with Crippen LogP contribution in [0.4, 0.5) is 0 Å². The number of amides is 1. The molecule has 2 rings (SSSR count). The van der Waals surface area contributed by atoms with E-state index in [1.807, 2.05) is 4.90 Å². The van der Waals surface area contributed by atoms with Crippen LogP contribution in [-0.2, 0) is 0 Å². The summed E-state index contributed by atoms with van der Waals surface area (Å²) in [6, 6.07) is 5.31. The number of benzene rings is 1. The smallest absolute Gasteiger partial charge is 0.254 e. The quantitative estimate of drug-likeness (QED) is 0.646. The van der Waals surface area contributed by atoms with Gasteiger partial charge in [0.1, 0.15) is 0 Å². The third-order valence-electron chi connectivity index (χ3n) is 3.64. The number of nitrogens with zero attached hydrogens (tertiary/aromatic N) is 1. The van der Waals surface area contributed by atoms with Crippen LogP contribution in [0.5, 0.6) is 0 Å². The molecule has 0 aromatic heterocycles. The normalized spacial score (nSPS) is 18.4. The molecule has 1 aromatic rings. The highest BCUT2D eigenvalue weighted by atomic mass is 79.9. The molecular formula is C14H16Br2ClNO. The summed E-state index contributed by atoms with van der Waals surface area (Å²) >= 11 is 12.9. The lowest BCUT2D eigenvalue weighted by molar-refractivity contribution is 0.0690. The van der Waals surface area contributed by atoms with Crippen LogP contribution in [0.3, 0.4) is 0 Å². The van der Waals surface area contributed by atoms with Crippen molar-refractivity contribution in [3.05, 3.63) is 33.3 Å². The van der Waals surface area contributed by atoms with Crippen molar-refractivity contribution in [1.82, 2.24) is 4.90 Å². The summed E-state index contributed by atoms with van der Waals surface area (Å²) in [7, 11) is 0. The Balaban J connectivity index is 2.05. The van der Waals surface area contributed by atoms with Gasteiger partial charge in [0.05, 0.1) is 5.56 Å². The fraction of sp³-hybridized carbons (Fsp3) is 0.500. The summed E-state index contributed by atoms with van der Waals surface area (Å²) in [6.07, 6.45) is 2.12. The van der Waals surface area contributed by atoms with Crippen molar-refractivity contribution in [3.63, 3.8) is 0 Å². The number of piperidine rings is 1. The molecule has 1 heterocycles. The predicted molar refractivity (Wildman–Crippen MR) is 86.2 cm³/mol. The molecular weight excluding hydrogens is 393 g/mol. The van der Waals surface area contributed by atoms with Crippen LogP contribution in [-0.4, -0.2) is 28.7 Å². The van der Waals surface area contributed by atoms with Gasteiger partial charge in [-0.15, -0.1) is 0 Å². The number of hydrogen-bond donors (Lipinski definition) is 0. The lowest BCUT2D eigenvalue weighted by Gasteiger charge is -2.33. The molecule has 104 valence electrons. The van der Waals surface area contributed by atoms with Crippen molar-refractivity contribution in [2.24, 2.45) is 5.92 Å². The van der Waals surface area contributed by atoms with Gasteiger partial charge in [-0.25, -0.2) is 0 Å². The van der Waals surface area contributed by atoms with Crippen LogP contribution in [0.2, 0.25) is 5.02 Å². The van der Waals surface area contributed by atoms with E-state index in [0.717, 1.165) is 30.4 Å². The topological polar surface area (TPSA) is 20.3 Å². The van der Waals surface area contributed by atoms with Crippen molar-refractivity contribution in [2.45, 2.75) is 24.6 Å². The van der Waals surface area contributed by atoms with Gasteiger partial charge in [-0.2, -0.15) is 0 Å². The predicted octanol–water partition coefficient (Wildman–Crippen LogP) is 4.74. The van der Waals surface area contributed by atoms with Gasteiger partial charge in [-0.05, 0) is 52.9 Å². The fourth-order valence-corrected chi connectivity index (χ4v) is 3.78. The van der Waals surface area contributed by atoms with Crippen molar-refractivity contribution in [2.75, 3.05) is 13.1 Å². The zero-order chi connectivity index (χ0) is 14.0. The van der Waals surface area contributed by atoms with E-state index < -0.39 is 0 Å². The molecule has 0 N–H and O–H groups in total. The summed E-state index contributed by atoms with van der Waals surface area (Å²) in [5, 5.41) is 0.634. The standard InChI is InChI=1S/C14H16Br2ClNO/c1-9(15)10-4-6-18(7-5-10)14(19)12-3-2-11(17)8-13(12)16/h2-3,8-10H,4-7H2,1H3. The van der Waals surface area contributed by atoms with E-state index in [1.165, 1.54) is 0 Å². The van der Waals surface area contributed by atoms with Gasteiger partial charge in [-0.1, -0.05) is 34.5 Å². The Morgan fingerprint density at radius 2 is 2.05 bits per heavy atom. The number of rotatable bonds is 2. The van der Waals surface area contributed by atoms with E-state index in [0.29, 0.717) is 21.3 Å². The largest absolute Gasteiger partial charge is 0.339 e. The molecule has 2 nitrogen and oxygen atoms in total. The van der Waals surface area contributed by atoms with Crippen molar-refractivity contribution in [1.29, 1.82) is 0 Å². The zero-order valence-electron chi connectivity index (χ0n) is 10.7. The molecule has 1 amide bonds. The van der Waals surface area contributed by atoms with Crippen LogP contribution in [0.15, 0.2) is 22.7 Å². The van der Waals surface area contributed by atoms with E-state index >= 15 is 0 Å². The third-order valence-corrected chi connectivity index (χ3v) is 5.28. The second-order valence-electron chi connectivity index (χ2n) is 4.93. The van der Waals surface area contributed by atoms with Gasteiger partial charge < -0.3 is 4.90 Å². The van der Waals surface area contributed by atoms with E-state index in [4.69, 9.17) is 11.6 Å². The minimum absolute atomic E-state index is 0.0872. The second-order valence-corrected chi connectivity index (χ2v) is 7.67. The number of halogens is 3. The number of alkyl halides is 1. The summed E-state index contributed by atoms with van der Waals surface area (Å²) in [5.74, 6) is 0.752. The molecule has 1 unspecified atom stereocenters. The maximum atomic E-state index is 12.4. The van der Waals surface area contributed by atoms with E-state index in [9.17, 15) is 4.79 Å². The first-order valence-electron chi connectivity index (χ1n) is 6.37. The first-order chi connectivity index (χ1) is 8.99. The van der Waals surface area contributed by atoms with Crippen molar-refractivity contribution < 1.29 is 4.79 Å². The Bertz CT molecular complexity index is 471. The van der Waals surface area contributed by atoms with Gasteiger partial charge in [0.15, 0.2) is 0 Å². The SMILES string of the molecule is CC(Br)C1CCN(C(=O)c2ccc(Cl)cc2Br)CC1. The fourth-order valence-electron chi connectivity index (χ4n) is 2.40. The molecule has 1 aliphatic rings. The number of hydrogen-bond acceptors (Lipinski definition) is 1. The minimum Gasteiger partial charge on any atom is -0.339 e. The van der Waals surface area contributed by atoms with Crippen LogP contribution >= 0.6 is 43.5 Å². The van der Waals surface area contributed by atoms with Crippen LogP contribution < -0.4 is 0 Å². The summed E-state index contributed by atoms with van der Waals surface area (Å²) in [4.78, 5) is 14.9. The lowest BCUT2D eigenvalue weighted by atomic mass is 9.94. The van der Waals surface area contributed by atoms with E-state index in [-0.39, 0.29) is 5.91 Å². The molecule has 1 fully saturated rings. The van der Waals surface area contributed by atoms with Gasteiger partial charge >= 0.3 is 0 Å². The molecule has 0 bridgehead atoms. The Kier molecular flexibility index (Phi) is 5.32. The van der Waals surface area contributed by atoms with Crippen molar-refractivity contribution >= 4 is 49.4 Å². The monoisotopic (exact) mass is 407 g/mol. The van der Waals surface area contributed by atoms with Gasteiger partial charge in [-0.3, -0.25) is 4.79 Å². The molecule has 5 heteroatoms. The van der Waals surface area contributed by atoms with Crippen LogP contribution in [0.1, 0.15) is 30.1 Å². The Morgan fingerprint density at radius 1 is 1.42 bits per heavy atom. The molecule has 1 saturated heterocycles. The molecule has 1 aromatic carbocycles. The number of carbonyl (C=O) groups excluding carboxylic acids is 1. The van der Waals surface area contributed by atoms with E-state index in [2.05, 4.69) is 38.8 Å². The molecule has 1 atom stereocenters. The average Bonchev–Trinajstić information content (AvgIpc) is 2.38.